The second-order valence-corrected chi connectivity index (χ2v) is 15.0. The van der Waals surface area contributed by atoms with E-state index in [1.54, 1.807) is 100 Å². The third-order valence-electron chi connectivity index (χ3n) is 7.78. The highest BCUT2D eigenvalue weighted by Gasteiger charge is 2.37. The topological polar surface area (TPSA) is 132 Å². The number of halogens is 1. The van der Waals surface area contributed by atoms with Crippen LogP contribution in [0.3, 0.4) is 0 Å². The molecule has 11 nitrogen and oxygen atoms in total. The molecule has 13 heteroatoms. The zero-order chi connectivity index (χ0) is 35.8. The van der Waals surface area contributed by atoms with Crippen LogP contribution in [-0.4, -0.2) is 66.9 Å². The van der Waals surface area contributed by atoms with Gasteiger partial charge in [0.1, 0.15) is 17.4 Å². The van der Waals surface area contributed by atoms with Crippen molar-refractivity contribution in [1.82, 2.24) is 9.21 Å². The first kappa shape index (κ1) is 37.7. The summed E-state index contributed by atoms with van der Waals surface area (Å²) in [7, 11) is -3.71. The number of rotatable bonds is 12. The third kappa shape index (κ3) is 10.2. The van der Waals surface area contributed by atoms with Gasteiger partial charge in [0.25, 0.3) is 0 Å². The summed E-state index contributed by atoms with van der Waals surface area (Å²) in [5, 5.41) is 3.59. The molecule has 1 saturated heterocycles. The molecule has 0 spiro atoms. The van der Waals surface area contributed by atoms with Crippen molar-refractivity contribution in [2.24, 2.45) is 5.92 Å². The van der Waals surface area contributed by atoms with E-state index in [1.807, 2.05) is 6.92 Å². The first-order valence-corrected chi connectivity index (χ1v) is 18.1. The number of anilines is 1. The molecule has 1 fully saturated rings. The molecular weight excluding hydrogens is 670 g/mol. The van der Waals surface area contributed by atoms with Gasteiger partial charge in [0.15, 0.2) is 5.75 Å². The van der Waals surface area contributed by atoms with Crippen molar-refractivity contribution >= 4 is 45.3 Å². The summed E-state index contributed by atoms with van der Waals surface area (Å²) in [6, 6.07) is 19.5. The summed E-state index contributed by atoms with van der Waals surface area (Å²) in [6.45, 7) is 9.20. The Morgan fingerprint density at radius 2 is 1.67 bits per heavy atom. The van der Waals surface area contributed by atoms with Gasteiger partial charge in [0.2, 0.25) is 15.9 Å². The summed E-state index contributed by atoms with van der Waals surface area (Å²) < 4.78 is 44.7. The van der Waals surface area contributed by atoms with E-state index < -0.39 is 39.6 Å². The summed E-state index contributed by atoms with van der Waals surface area (Å²) in [5.41, 5.74) is 0.264. The van der Waals surface area contributed by atoms with Gasteiger partial charge >= 0.3 is 12.1 Å². The average Bonchev–Trinajstić information content (AvgIpc) is 3.06. The van der Waals surface area contributed by atoms with Crippen molar-refractivity contribution in [3.63, 3.8) is 0 Å². The first-order chi connectivity index (χ1) is 23.2. The second-order valence-electron chi connectivity index (χ2n) is 12.6. The lowest BCUT2D eigenvalue weighted by Crippen LogP contribution is -2.47. The smallest absolute Gasteiger partial charge is 0.417 e. The molecule has 3 aromatic carbocycles. The quantitative estimate of drug-likeness (QED) is 0.193. The normalized spacial score (nSPS) is 14.8. The Labute approximate surface area is 293 Å². The molecule has 1 N–H and O–H groups in total. The molecule has 2 amide bonds. The summed E-state index contributed by atoms with van der Waals surface area (Å²) in [4.78, 5) is 41.1. The third-order valence-corrected chi connectivity index (χ3v) is 9.93. The molecular formula is C36H44ClN3O8S. The van der Waals surface area contributed by atoms with E-state index in [0.717, 1.165) is 4.90 Å². The number of nitrogens with zero attached hydrogens (tertiary/aromatic N) is 2. The lowest BCUT2D eigenvalue weighted by molar-refractivity contribution is -0.144. The molecule has 3 aromatic rings. The Bertz CT molecular complexity index is 1720. The number of carbonyl (C=O) groups is 3. The highest BCUT2D eigenvalue weighted by molar-refractivity contribution is 7.89. The van der Waals surface area contributed by atoms with Crippen molar-refractivity contribution in [2.45, 2.75) is 77.0 Å². The van der Waals surface area contributed by atoms with Crippen LogP contribution in [0.5, 0.6) is 11.5 Å². The standard InChI is InChI=1S/C36H44ClN3O8S/c1-6-30(34(42)46-7-2)38-31-17-16-27(37)23-32(31)47-28-13-11-12-25(22-28)24-40(35(43)48-36(3,4)5)33(41)26-18-20-39(21-19-26)49(44,45)29-14-9-8-10-15-29/h8-17,22-23,26,30,38H,6-7,18-21,24H2,1-5H3. The van der Waals surface area contributed by atoms with Crippen LogP contribution in [0.4, 0.5) is 10.5 Å². The zero-order valence-corrected chi connectivity index (χ0v) is 30.1. The number of carbonyl (C=O) groups excluding carboxylic acids is 3. The Morgan fingerprint density at radius 1 is 0.980 bits per heavy atom. The van der Waals surface area contributed by atoms with Crippen molar-refractivity contribution in [2.75, 3.05) is 25.0 Å². The van der Waals surface area contributed by atoms with Crippen LogP contribution >= 0.6 is 11.6 Å². The Hall–Kier alpha value is -4.13. The van der Waals surface area contributed by atoms with Crippen molar-refractivity contribution in [3.8, 4) is 11.5 Å². The van der Waals surface area contributed by atoms with Gasteiger partial charge in [-0.2, -0.15) is 4.31 Å². The molecule has 1 aliphatic heterocycles. The molecule has 4 rings (SSSR count). The van der Waals surface area contributed by atoms with Crippen LogP contribution < -0.4 is 10.1 Å². The molecule has 1 heterocycles. The predicted molar refractivity (Wildman–Crippen MR) is 187 cm³/mol. The molecule has 0 aromatic heterocycles. The van der Waals surface area contributed by atoms with Crippen molar-refractivity contribution in [3.05, 3.63) is 83.4 Å². The van der Waals surface area contributed by atoms with E-state index >= 15 is 0 Å². The van der Waals surface area contributed by atoms with Gasteiger partial charge in [0.05, 0.1) is 23.7 Å². The SMILES string of the molecule is CCOC(=O)C(CC)Nc1ccc(Cl)cc1Oc1cccc(CN(C(=O)OC(C)(C)C)C(=O)C2CCN(S(=O)(=O)c3ccccc3)CC2)c1. The Morgan fingerprint density at radius 3 is 2.31 bits per heavy atom. The molecule has 0 bridgehead atoms. The van der Waals surface area contributed by atoms with E-state index in [2.05, 4.69) is 5.32 Å². The van der Waals surface area contributed by atoms with Crippen LogP contribution in [0.15, 0.2) is 77.7 Å². The van der Waals surface area contributed by atoms with Crippen LogP contribution in [0.25, 0.3) is 0 Å². The molecule has 264 valence electrons. The van der Waals surface area contributed by atoms with E-state index in [1.165, 1.54) is 4.31 Å². The number of ether oxygens (including phenoxy) is 3. The minimum absolute atomic E-state index is 0.102. The van der Waals surface area contributed by atoms with Gasteiger partial charge in [-0.1, -0.05) is 48.9 Å². The van der Waals surface area contributed by atoms with Gasteiger partial charge in [0, 0.05) is 30.1 Å². The number of imide groups is 1. The van der Waals surface area contributed by atoms with Gasteiger partial charge in [-0.05, 0) is 88.9 Å². The van der Waals surface area contributed by atoms with Gasteiger partial charge in [-0.3, -0.25) is 4.79 Å². The number of nitrogens with one attached hydrogen (secondary N) is 1. The number of amides is 2. The highest BCUT2D eigenvalue weighted by Crippen LogP contribution is 2.34. The summed E-state index contributed by atoms with van der Waals surface area (Å²) in [6.07, 6.45) is 0.187. The van der Waals surface area contributed by atoms with Crippen molar-refractivity contribution in [1.29, 1.82) is 0 Å². The van der Waals surface area contributed by atoms with E-state index in [4.69, 9.17) is 25.8 Å². The van der Waals surface area contributed by atoms with Crippen LogP contribution in [0.1, 0.15) is 59.4 Å². The summed E-state index contributed by atoms with van der Waals surface area (Å²) in [5.74, 6) is -0.639. The first-order valence-electron chi connectivity index (χ1n) is 16.3. The molecule has 0 saturated carbocycles. The minimum atomic E-state index is -3.71. The largest absolute Gasteiger partial charge is 0.464 e. The molecule has 1 unspecified atom stereocenters. The number of hydrogen-bond donors (Lipinski definition) is 1. The molecule has 1 atom stereocenters. The lowest BCUT2D eigenvalue weighted by atomic mass is 9.96. The van der Waals surface area contributed by atoms with Crippen LogP contribution in [0, 0.1) is 5.92 Å². The average molecular weight is 714 g/mol. The fourth-order valence-electron chi connectivity index (χ4n) is 5.33. The maximum absolute atomic E-state index is 13.9. The molecule has 49 heavy (non-hydrogen) atoms. The van der Waals surface area contributed by atoms with Crippen LogP contribution in [0.2, 0.25) is 5.02 Å². The number of benzene rings is 3. The fraction of sp³-hybridized carbons (Fsp3) is 0.417. The lowest BCUT2D eigenvalue weighted by Gasteiger charge is -2.33. The number of esters is 1. The van der Waals surface area contributed by atoms with Crippen LogP contribution in [-0.2, 0) is 35.6 Å². The second kappa shape index (κ2) is 16.5. The molecule has 0 radical (unpaired) electrons. The Kier molecular flexibility index (Phi) is 12.7. The van der Waals surface area contributed by atoms with Gasteiger partial charge < -0.3 is 19.5 Å². The number of sulfonamides is 1. The monoisotopic (exact) mass is 713 g/mol. The molecule has 0 aliphatic carbocycles. The molecule has 1 aliphatic rings. The Balaban J connectivity index is 1.53. The number of hydrogen-bond acceptors (Lipinski definition) is 9. The van der Waals surface area contributed by atoms with Gasteiger partial charge in [-0.15, -0.1) is 0 Å². The van der Waals surface area contributed by atoms with Crippen molar-refractivity contribution < 1.29 is 37.0 Å². The highest BCUT2D eigenvalue weighted by atomic mass is 35.5. The maximum Gasteiger partial charge on any atom is 0.417 e. The maximum atomic E-state index is 13.9. The zero-order valence-electron chi connectivity index (χ0n) is 28.5. The minimum Gasteiger partial charge on any atom is -0.464 e. The number of piperidine rings is 1. The summed E-state index contributed by atoms with van der Waals surface area (Å²) >= 11 is 6.30. The van der Waals surface area contributed by atoms with E-state index in [9.17, 15) is 22.8 Å². The van der Waals surface area contributed by atoms with E-state index in [-0.39, 0.29) is 49.9 Å². The van der Waals surface area contributed by atoms with Gasteiger partial charge in [-0.25, -0.2) is 22.9 Å². The fourth-order valence-corrected chi connectivity index (χ4v) is 6.98. The predicted octanol–water partition coefficient (Wildman–Crippen LogP) is 7.25. The van der Waals surface area contributed by atoms with E-state index in [0.29, 0.717) is 34.2 Å².